The number of aryl methyl sites for hydroxylation is 1. The van der Waals surface area contributed by atoms with Crippen molar-refractivity contribution in [1.29, 1.82) is 0 Å². The Balaban J connectivity index is 1.60. The lowest BCUT2D eigenvalue weighted by atomic mass is 10.1. The molecule has 0 spiro atoms. The zero-order valence-corrected chi connectivity index (χ0v) is 15.7. The van der Waals surface area contributed by atoms with Crippen LogP contribution in [-0.2, 0) is 11.8 Å². The van der Waals surface area contributed by atoms with Crippen molar-refractivity contribution >= 4 is 22.9 Å². The number of carbonyl (C=O) groups excluding carboxylic acids is 1. The van der Waals surface area contributed by atoms with E-state index in [0.717, 1.165) is 27.9 Å². The predicted molar refractivity (Wildman–Crippen MR) is 103 cm³/mol. The van der Waals surface area contributed by atoms with Crippen LogP contribution in [0.2, 0.25) is 0 Å². The van der Waals surface area contributed by atoms with Gasteiger partial charge in [0.25, 0.3) is 5.91 Å². The van der Waals surface area contributed by atoms with E-state index in [1.165, 1.54) is 11.3 Å². The number of hydrogen-bond donors (Lipinski definition) is 1. The average Bonchev–Trinajstić information content (AvgIpc) is 3.40. The highest BCUT2D eigenvalue weighted by molar-refractivity contribution is 7.12. The van der Waals surface area contributed by atoms with Gasteiger partial charge in [-0.25, -0.2) is 9.50 Å². The van der Waals surface area contributed by atoms with Crippen LogP contribution in [0.15, 0.2) is 42.4 Å². The molecule has 4 aromatic heterocycles. The van der Waals surface area contributed by atoms with Gasteiger partial charge in [0, 0.05) is 56.0 Å². The summed E-state index contributed by atoms with van der Waals surface area (Å²) in [6.07, 6.45) is 9.22. The summed E-state index contributed by atoms with van der Waals surface area (Å²) in [5, 5.41) is 13.4. The summed E-state index contributed by atoms with van der Waals surface area (Å²) < 4.78 is 8.44. The van der Waals surface area contributed by atoms with Crippen molar-refractivity contribution in [3.63, 3.8) is 0 Å². The third-order valence-corrected chi connectivity index (χ3v) is 5.05. The van der Waals surface area contributed by atoms with E-state index >= 15 is 0 Å². The van der Waals surface area contributed by atoms with Gasteiger partial charge in [-0.1, -0.05) is 0 Å². The number of hydrogen-bond acceptors (Lipinski definition) is 6. The molecular weight excluding hydrogens is 364 g/mol. The molecule has 27 heavy (non-hydrogen) atoms. The fourth-order valence-corrected chi connectivity index (χ4v) is 3.57. The van der Waals surface area contributed by atoms with Crippen LogP contribution in [0.25, 0.3) is 27.9 Å². The van der Waals surface area contributed by atoms with Crippen LogP contribution >= 0.6 is 11.3 Å². The van der Waals surface area contributed by atoms with Gasteiger partial charge in [0.1, 0.15) is 0 Å². The number of nitrogens with one attached hydrogen (secondary N) is 1. The van der Waals surface area contributed by atoms with E-state index in [1.807, 2.05) is 37.1 Å². The van der Waals surface area contributed by atoms with E-state index in [4.69, 9.17) is 4.74 Å². The van der Waals surface area contributed by atoms with E-state index in [-0.39, 0.29) is 5.91 Å². The summed E-state index contributed by atoms with van der Waals surface area (Å²) in [7, 11) is 3.48. The van der Waals surface area contributed by atoms with Crippen LogP contribution in [0.4, 0.5) is 0 Å². The molecule has 4 rings (SSSR count). The number of amides is 1. The first-order chi connectivity index (χ1) is 13.2. The number of fused-ring (bicyclic) bond motifs is 1. The van der Waals surface area contributed by atoms with E-state index < -0.39 is 0 Å². The minimum Gasteiger partial charge on any atom is -0.383 e. The lowest BCUT2D eigenvalue weighted by Gasteiger charge is -2.01. The molecule has 1 N–H and O–H groups in total. The molecule has 0 aliphatic carbocycles. The average molecular weight is 382 g/mol. The summed E-state index contributed by atoms with van der Waals surface area (Å²) in [6.45, 7) is 0.971. The first kappa shape index (κ1) is 17.4. The molecule has 0 aliphatic heterocycles. The monoisotopic (exact) mass is 382 g/mol. The van der Waals surface area contributed by atoms with Gasteiger partial charge in [-0.2, -0.15) is 10.2 Å². The quantitative estimate of drug-likeness (QED) is 0.517. The molecule has 0 radical (unpaired) electrons. The topological polar surface area (TPSA) is 86.3 Å². The van der Waals surface area contributed by atoms with Crippen molar-refractivity contribution in [3.8, 4) is 22.3 Å². The largest absolute Gasteiger partial charge is 0.383 e. The number of thiophene rings is 1. The second-order valence-corrected chi connectivity index (χ2v) is 6.93. The fraction of sp³-hybridized carbons (Fsp3) is 0.222. The molecule has 4 heterocycles. The Kier molecular flexibility index (Phi) is 4.69. The van der Waals surface area contributed by atoms with Gasteiger partial charge >= 0.3 is 0 Å². The highest BCUT2D eigenvalue weighted by Gasteiger charge is 2.14. The lowest BCUT2D eigenvalue weighted by Crippen LogP contribution is -2.26. The summed E-state index contributed by atoms with van der Waals surface area (Å²) >= 11 is 1.40. The maximum absolute atomic E-state index is 12.2. The highest BCUT2D eigenvalue weighted by Crippen LogP contribution is 2.29. The minimum absolute atomic E-state index is 0.105. The Morgan fingerprint density at radius 3 is 2.81 bits per heavy atom. The molecule has 8 nitrogen and oxygen atoms in total. The maximum Gasteiger partial charge on any atom is 0.261 e. The molecule has 0 atom stereocenters. The minimum atomic E-state index is -0.105. The number of rotatable bonds is 6. The molecule has 4 aromatic rings. The van der Waals surface area contributed by atoms with Crippen molar-refractivity contribution in [2.45, 2.75) is 0 Å². The first-order valence-corrected chi connectivity index (χ1v) is 9.22. The summed E-state index contributed by atoms with van der Waals surface area (Å²) in [6, 6.07) is 1.86. The van der Waals surface area contributed by atoms with Gasteiger partial charge in [-0.3, -0.25) is 9.48 Å². The Morgan fingerprint density at radius 2 is 2.04 bits per heavy atom. The van der Waals surface area contributed by atoms with Crippen LogP contribution in [0.1, 0.15) is 9.67 Å². The fourth-order valence-electron chi connectivity index (χ4n) is 2.75. The molecule has 138 valence electrons. The lowest BCUT2D eigenvalue weighted by molar-refractivity contribution is 0.0941. The molecule has 0 aliphatic rings. The van der Waals surface area contributed by atoms with Crippen LogP contribution < -0.4 is 5.32 Å². The molecule has 0 saturated heterocycles. The summed E-state index contributed by atoms with van der Waals surface area (Å²) in [5.74, 6) is -0.105. The second-order valence-electron chi connectivity index (χ2n) is 6.02. The van der Waals surface area contributed by atoms with Crippen LogP contribution in [-0.4, -0.2) is 50.5 Å². The van der Waals surface area contributed by atoms with Crippen molar-refractivity contribution in [2.75, 3.05) is 20.3 Å². The van der Waals surface area contributed by atoms with Gasteiger partial charge in [-0.15, -0.1) is 11.3 Å². The Hall–Kier alpha value is -3.04. The number of methoxy groups -OCH3 is 1. The zero-order chi connectivity index (χ0) is 18.8. The second kappa shape index (κ2) is 7.29. The van der Waals surface area contributed by atoms with Crippen molar-refractivity contribution < 1.29 is 9.53 Å². The number of carbonyl (C=O) groups is 1. The molecule has 0 fully saturated rings. The third-order valence-electron chi connectivity index (χ3n) is 4.12. The van der Waals surface area contributed by atoms with Crippen molar-refractivity contribution in [2.24, 2.45) is 7.05 Å². The number of nitrogens with zero attached hydrogens (tertiary/aromatic N) is 5. The maximum atomic E-state index is 12.2. The third kappa shape index (κ3) is 3.46. The molecule has 1 amide bonds. The Morgan fingerprint density at radius 1 is 1.19 bits per heavy atom. The molecule has 0 bridgehead atoms. The van der Waals surface area contributed by atoms with Crippen molar-refractivity contribution in [1.82, 2.24) is 29.7 Å². The van der Waals surface area contributed by atoms with Gasteiger partial charge < -0.3 is 10.1 Å². The van der Waals surface area contributed by atoms with Gasteiger partial charge in [-0.05, 0) is 17.0 Å². The van der Waals surface area contributed by atoms with Crippen LogP contribution in [0, 0.1) is 0 Å². The smallest absolute Gasteiger partial charge is 0.261 e. The normalized spacial score (nSPS) is 11.2. The molecular formula is C18H18N6O2S. The first-order valence-electron chi connectivity index (χ1n) is 8.34. The highest BCUT2D eigenvalue weighted by atomic mass is 32.1. The van der Waals surface area contributed by atoms with E-state index in [1.54, 1.807) is 28.7 Å². The molecule has 0 aromatic carbocycles. The number of aromatic nitrogens is 5. The van der Waals surface area contributed by atoms with Crippen LogP contribution in [0.3, 0.4) is 0 Å². The standard InChI is InChI=1S/C18H18N6O2S/c1-23-9-14(7-21-23)13-6-20-17-15(8-22-24(17)10-13)12-5-16(27-11-12)18(25)19-3-4-26-2/h5-11H,3-4H2,1-2H3,(H,19,25). The SMILES string of the molecule is COCCNC(=O)c1cc(-c2cnn3cc(-c4cnn(C)c4)cnc23)cs1. The van der Waals surface area contributed by atoms with E-state index in [2.05, 4.69) is 20.5 Å². The van der Waals surface area contributed by atoms with E-state index in [9.17, 15) is 4.79 Å². The van der Waals surface area contributed by atoms with Gasteiger partial charge in [0.2, 0.25) is 0 Å². The van der Waals surface area contributed by atoms with Crippen LogP contribution in [0.5, 0.6) is 0 Å². The van der Waals surface area contributed by atoms with Gasteiger partial charge in [0.15, 0.2) is 5.65 Å². The van der Waals surface area contributed by atoms with Gasteiger partial charge in [0.05, 0.1) is 23.9 Å². The number of ether oxygens (including phenoxy) is 1. The molecule has 0 unspecified atom stereocenters. The predicted octanol–water partition coefficient (Wildman–Crippen LogP) is 2.23. The molecule has 0 saturated carbocycles. The van der Waals surface area contributed by atoms with Crippen molar-refractivity contribution in [3.05, 3.63) is 47.3 Å². The summed E-state index contributed by atoms with van der Waals surface area (Å²) in [5.41, 5.74) is 4.48. The van der Waals surface area contributed by atoms with E-state index in [0.29, 0.717) is 18.0 Å². The Bertz CT molecular complexity index is 1100. The Labute approximate surface area is 159 Å². The summed E-state index contributed by atoms with van der Waals surface area (Å²) in [4.78, 5) is 17.4. The molecule has 9 heteroatoms. The zero-order valence-electron chi connectivity index (χ0n) is 14.9.